The van der Waals surface area contributed by atoms with Gasteiger partial charge < -0.3 is 15.5 Å². The van der Waals surface area contributed by atoms with E-state index in [0.717, 1.165) is 5.56 Å². The number of anilines is 1. The van der Waals surface area contributed by atoms with Gasteiger partial charge >= 0.3 is 5.97 Å². The Labute approximate surface area is 124 Å². The summed E-state index contributed by atoms with van der Waals surface area (Å²) in [6, 6.07) is 5.07. The molecule has 5 nitrogen and oxygen atoms in total. The van der Waals surface area contributed by atoms with Crippen molar-refractivity contribution in [3.8, 4) is 5.75 Å². The van der Waals surface area contributed by atoms with Crippen LogP contribution in [0.2, 0.25) is 0 Å². The maximum Gasteiger partial charge on any atom is 0.307 e. The molecule has 1 aromatic rings. The zero-order chi connectivity index (χ0) is 15.9. The van der Waals surface area contributed by atoms with Crippen LogP contribution in [0.3, 0.4) is 0 Å². The van der Waals surface area contributed by atoms with E-state index < -0.39 is 23.2 Å². The summed E-state index contributed by atoms with van der Waals surface area (Å²) in [5.41, 5.74) is 0.771. The molecule has 0 saturated heterocycles. The summed E-state index contributed by atoms with van der Waals surface area (Å²) in [5.74, 6) is -2.31. The van der Waals surface area contributed by atoms with E-state index in [9.17, 15) is 14.7 Å². The van der Waals surface area contributed by atoms with Gasteiger partial charge in [0.1, 0.15) is 5.75 Å². The summed E-state index contributed by atoms with van der Waals surface area (Å²) in [7, 11) is 0. The first kappa shape index (κ1) is 15.4. The maximum atomic E-state index is 12.3. The molecule has 0 bridgehead atoms. The fourth-order valence-corrected chi connectivity index (χ4v) is 2.81. The van der Waals surface area contributed by atoms with Gasteiger partial charge in [0, 0.05) is 0 Å². The Hall–Kier alpha value is -2.04. The van der Waals surface area contributed by atoms with Gasteiger partial charge in [0.05, 0.1) is 17.5 Å². The van der Waals surface area contributed by atoms with Crippen LogP contribution in [0.1, 0.15) is 39.2 Å². The van der Waals surface area contributed by atoms with Crippen molar-refractivity contribution in [1.82, 2.24) is 0 Å². The minimum absolute atomic E-state index is 0.0157. The third-order valence-corrected chi connectivity index (χ3v) is 4.32. The zero-order valence-electron chi connectivity index (χ0n) is 12.7. The van der Waals surface area contributed by atoms with Crippen LogP contribution in [-0.4, -0.2) is 22.1 Å². The van der Waals surface area contributed by atoms with Crippen LogP contribution in [0, 0.1) is 17.3 Å². The molecule has 1 fully saturated rings. The highest BCUT2D eigenvalue weighted by atomic mass is 16.4. The van der Waals surface area contributed by atoms with Crippen LogP contribution < -0.4 is 5.32 Å². The molecule has 0 spiro atoms. The number of hydrogen-bond donors (Lipinski definition) is 3. The largest absolute Gasteiger partial charge is 0.506 e. The fraction of sp³-hybridized carbons (Fsp3) is 0.500. The molecule has 1 saturated carbocycles. The lowest BCUT2D eigenvalue weighted by atomic mass is 10.0. The standard InChI is InChI=1S/C16H21NO4/c1-8(2)9-5-6-11(18)10(7-9)17-14(19)12-13(15(20)21)16(12,3)4/h5-8,12-13,18H,1-4H3,(H,17,19)(H,20,21). The average Bonchev–Trinajstić information content (AvgIpc) is 2.95. The molecule has 2 unspecified atom stereocenters. The zero-order valence-corrected chi connectivity index (χ0v) is 12.7. The second kappa shape index (κ2) is 5.06. The van der Waals surface area contributed by atoms with Crippen LogP contribution >= 0.6 is 0 Å². The summed E-state index contributed by atoms with van der Waals surface area (Å²) in [6.45, 7) is 7.56. The number of carboxylic acids is 1. The van der Waals surface area contributed by atoms with Crippen molar-refractivity contribution < 1.29 is 19.8 Å². The van der Waals surface area contributed by atoms with E-state index in [4.69, 9.17) is 5.11 Å². The highest BCUT2D eigenvalue weighted by molar-refractivity contribution is 6.00. The van der Waals surface area contributed by atoms with E-state index >= 15 is 0 Å². The molecule has 5 heteroatoms. The number of nitrogens with one attached hydrogen (secondary N) is 1. The molecular weight excluding hydrogens is 270 g/mol. The van der Waals surface area contributed by atoms with Gasteiger partial charge in [-0.25, -0.2) is 0 Å². The molecule has 2 atom stereocenters. The Morgan fingerprint density at radius 2 is 1.86 bits per heavy atom. The van der Waals surface area contributed by atoms with Gasteiger partial charge in [-0.15, -0.1) is 0 Å². The van der Waals surface area contributed by atoms with Gasteiger partial charge in [-0.1, -0.05) is 33.8 Å². The minimum atomic E-state index is -0.958. The first-order chi connectivity index (χ1) is 9.66. The molecular formula is C16H21NO4. The molecule has 114 valence electrons. The average molecular weight is 291 g/mol. The molecule has 21 heavy (non-hydrogen) atoms. The lowest BCUT2D eigenvalue weighted by molar-refractivity contribution is -0.140. The number of rotatable bonds is 4. The van der Waals surface area contributed by atoms with Crippen molar-refractivity contribution in [3.05, 3.63) is 23.8 Å². The van der Waals surface area contributed by atoms with Gasteiger partial charge in [0.25, 0.3) is 0 Å². The number of amides is 1. The normalized spacial score (nSPS) is 22.9. The van der Waals surface area contributed by atoms with Crippen molar-refractivity contribution in [1.29, 1.82) is 0 Å². The molecule has 1 aliphatic carbocycles. The Bertz CT molecular complexity index is 592. The Morgan fingerprint density at radius 1 is 1.24 bits per heavy atom. The smallest absolute Gasteiger partial charge is 0.307 e. The number of benzene rings is 1. The number of aliphatic carboxylic acids is 1. The van der Waals surface area contributed by atoms with Gasteiger partial charge in [-0.05, 0) is 29.0 Å². The maximum absolute atomic E-state index is 12.3. The number of carbonyl (C=O) groups excluding carboxylic acids is 1. The molecule has 0 radical (unpaired) electrons. The van der Waals surface area contributed by atoms with E-state index in [1.165, 1.54) is 6.07 Å². The van der Waals surface area contributed by atoms with E-state index in [1.807, 2.05) is 13.8 Å². The van der Waals surface area contributed by atoms with Crippen LogP contribution in [0.25, 0.3) is 0 Å². The van der Waals surface area contributed by atoms with Crippen LogP contribution in [0.4, 0.5) is 5.69 Å². The topological polar surface area (TPSA) is 86.6 Å². The fourth-order valence-electron chi connectivity index (χ4n) is 2.81. The van der Waals surface area contributed by atoms with Crippen molar-refractivity contribution in [2.45, 2.75) is 33.6 Å². The summed E-state index contributed by atoms with van der Waals surface area (Å²) in [4.78, 5) is 23.4. The number of carbonyl (C=O) groups is 2. The summed E-state index contributed by atoms with van der Waals surface area (Å²) in [6.07, 6.45) is 0. The lowest BCUT2D eigenvalue weighted by Gasteiger charge is -2.12. The first-order valence-corrected chi connectivity index (χ1v) is 7.02. The quantitative estimate of drug-likeness (QED) is 0.744. The van der Waals surface area contributed by atoms with Crippen molar-refractivity contribution >= 4 is 17.6 Å². The molecule has 0 aliphatic heterocycles. The molecule has 0 aromatic heterocycles. The monoisotopic (exact) mass is 291 g/mol. The van der Waals surface area contributed by atoms with Crippen molar-refractivity contribution in [2.24, 2.45) is 17.3 Å². The van der Waals surface area contributed by atoms with E-state index in [0.29, 0.717) is 5.69 Å². The van der Waals surface area contributed by atoms with Crippen LogP contribution in [0.15, 0.2) is 18.2 Å². The molecule has 1 aromatic carbocycles. The number of aromatic hydroxyl groups is 1. The van der Waals surface area contributed by atoms with Crippen LogP contribution in [0.5, 0.6) is 5.75 Å². The Balaban J connectivity index is 2.18. The lowest BCUT2D eigenvalue weighted by Crippen LogP contribution is -2.18. The predicted molar refractivity (Wildman–Crippen MR) is 79.2 cm³/mol. The first-order valence-electron chi connectivity index (χ1n) is 7.02. The van der Waals surface area contributed by atoms with Gasteiger partial charge in [0.15, 0.2) is 0 Å². The number of hydrogen-bond acceptors (Lipinski definition) is 3. The Kier molecular flexibility index (Phi) is 3.70. The number of carboxylic acid groups (broad SMARTS) is 1. The Morgan fingerprint density at radius 3 is 2.33 bits per heavy atom. The number of phenols is 1. The third kappa shape index (κ3) is 2.73. The summed E-state index contributed by atoms with van der Waals surface area (Å²) in [5, 5.41) is 21.6. The van der Waals surface area contributed by atoms with Crippen molar-refractivity contribution in [2.75, 3.05) is 5.32 Å². The summed E-state index contributed by atoms with van der Waals surface area (Å²) < 4.78 is 0. The second-order valence-corrected chi connectivity index (χ2v) is 6.54. The molecule has 2 rings (SSSR count). The van der Waals surface area contributed by atoms with Gasteiger partial charge in [-0.2, -0.15) is 0 Å². The SMILES string of the molecule is CC(C)c1ccc(O)c(NC(=O)C2C(C(=O)O)C2(C)C)c1. The molecule has 1 amide bonds. The minimum Gasteiger partial charge on any atom is -0.506 e. The predicted octanol–water partition coefficient (Wildman–Crippen LogP) is 2.81. The summed E-state index contributed by atoms with van der Waals surface area (Å²) >= 11 is 0. The number of phenolic OH excluding ortho intramolecular Hbond substituents is 1. The van der Waals surface area contributed by atoms with Gasteiger partial charge in [-0.3, -0.25) is 9.59 Å². The van der Waals surface area contributed by atoms with Crippen molar-refractivity contribution in [3.63, 3.8) is 0 Å². The third-order valence-electron chi connectivity index (χ3n) is 4.32. The molecule has 1 aliphatic rings. The highest BCUT2D eigenvalue weighted by Crippen LogP contribution is 2.58. The van der Waals surface area contributed by atoms with E-state index in [2.05, 4.69) is 5.32 Å². The second-order valence-electron chi connectivity index (χ2n) is 6.54. The highest BCUT2D eigenvalue weighted by Gasteiger charge is 2.65. The van der Waals surface area contributed by atoms with E-state index in [-0.39, 0.29) is 17.6 Å². The van der Waals surface area contributed by atoms with Gasteiger partial charge in [0.2, 0.25) is 5.91 Å². The molecule has 0 heterocycles. The van der Waals surface area contributed by atoms with Crippen LogP contribution in [-0.2, 0) is 9.59 Å². The molecule has 3 N–H and O–H groups in total. The van der Waals surface area contributed by atoms with E-state index in [1.54, 1.807) is 26.0 Å².